The van der Waals surface area contributed by atoms with E-state index in [1.807, 2.05) is 6.07 Å². The van der Waals surface area contributed by atoms with E-state index in [0.717, 1.165) is 37.3 Å². The molecule has 0 aromatic carbocycles. The number of likely N-dealkylation sites (N-methyl/N-ethyl adjacent to an activating group) is 1. The van der Waals surface area contributed by atoms with Crippen molar-refractivity contribution in [2.75, 3.05) is 19.6 Å². The quantitative estimate of drug-likeness (QED) is 0.787. The van der Waals surface area contributed by atoms with Crippen LogP contribution < -0.4 is 0 Å². The summed E-state index contributed by atoms with van der Waals surface area (Å²) in [5, 5.41) is 4.53. The predicted molar refractivity (Wildman–Crippen MR) is 72.5 cm³/mol. The number of fused-ring (bicyclic) bond motifs is 1. The first kappa shape index (κ1) is 12.3. The number of piperidine rings is 1. The third kappa shape index (κ3) is 2.38. The number of hydrogen-bond donors (Lipinski definition) is 0. The Morgan fingerprint density at radius 3 is 3.16 bits per heavy atom. The lowest BCUT2D eigenvalue weighted by Crippen LogP contribution is -2.34. The molecule has 0 aliphatic carbocycles. The number of pyridine rings is 1. The fraction of sp³-hybridized carbons (Fsp3) is 0.500. The third-order valence-corrected chi connectivity index (χ3v) is 3.82. The van der Waals surface area contributed by atoms with E-state index in [1.54, 1.807) is 16.8 Å². The Morgan fingerprint density at radius 1 is 1.47 bits per heavy atom. The minimum absolute atomic E-state index is 0.410. The van der Waals surface area contributed by atoms with Crippen LogP contribution in [0.3, 0.4) is 0 Å². The Morgan fingerprint density at radius 2 is 2.37 bits per heavy atom. The average Bonchev–Trinajstić information content (AvgIpc) is 2.90. The summed E-state index contributed by atoms with van der Waals surface area (Å²) < 4.78 is 1.71. The molecule has 3 heterocycles. The zero-order valence-corrected chi connectivity index (χ0v) is 11.1. The molecule has 5 nitrogen and oxygen atoms in total. The first-order valence-electron chi connectivity index (χ1n) is 6.84. The number of nitrogens with zero attached hydrogens (tertiary/aromatic N) is 4. The molecule has 1 unspecified atom stereocenters. The van der Waals surface area contributed by atoms with Crippen molar-refractivity contribution in [3.63, 3.8) is 0 Å². The zero-order valence-electron chi connectivity index (χ0n) is 11.1. The van der Waals surface area contributed by atoms with Crippen LogP contribution in [0.2, 0.25) is 0 Å². The van der Waals surface area contributed by atoms with Crippen LogP contribution in [0.15, 0.2) is 18.3 Å². The van der Waals surface area contributed by atoms with Crippen LogP contribution in [0.5, 0.6) is 0 Å². The van der Waals surface area contributed by atoms with Crippen molar-refractivity contribution in [1.82, 2.24) is 19.5 Å². The molecule has 100 valence electrons. The summed E-state index contributed by atoms with van der Waals surface area (Å²) in [5.41, 5.74) is 1.44. The molecule has 1 atom stereocenters. The van der Waals surface area contributed by atoms with Gasteiger partial charge in [-0.1, -0.05) is 6.92 Å². The van der Waals surface area contributed by atoms with Crippen molar-refractivity contribution in [2.45, 2.75) is 25.7 Å². The van der Waals surface area contributed by atoms with Gasteiger partial charge in [-0.2, -0.15) is 5.10 Å². The van der Waals surface area contributed by atoms with E-state index in [2.05, 4.69) is 21.9 Å². The second kappa shape index (κ2) is 5.09. The maximum absolute atomic E-state index is 10.8. The van der Waals surface area contributed by atoms with Crippen molar-refractivity contribution in [3.05, 3.63) is 29.7 Å². The van der Waals surface area contributed by atoms with Gasteiger partial charge in [-0.15, -0.1) is 0 Å². The van der Waals surface area contributed by atoms with Crippen LogP contribution in [0.25, 0.3) is 5.65 Å². The number of carbonyl (C=O) groups is 1. The van der Waals surface area contributed by atoms with E-state index < -0.39 is 0 Å². The van der Waals surface area contributed by atoms with E-state index in [9.17, 15) is 4.79 Å². The molecule has 19 heavy (non-hydrogen) atoms. The van der Waals surface area contributed by atoms with Gasteiger partial charge in [0.25, 0.3) is 0 Å². The van der Waals surface area contributed by atoms with Gasteiger partial charge in [0.15, 0.2) is 17.8 Å². The second-order valence-corrected chi connectivity index (χ2v) is 5.09. The van der Waals surface area contributed by atoms with Crippen molar-refractivity contribution in [3.8, 4) is 0 Å². The van der Waals surface area contributed by atoms with Gasteiger partial charge in [-0.05, 0) is 38.1 Å². The smallest absolute Gasteiger partial charge is 0.156 e. The number of aldehydes is 1. The summed E-state index contributed by atoms with van der Waals surface area (Å²) >= 11 is 0. The zero-order chi connectivity index (χ0) is 13.2. The maximum atomic E-state index is 10.8. The predicted octanol–water partition coefficient (Wildman–Crippen LogP) is 1.74. The molecule has 0 N–H and O–H groups in total. The number of aromatic nitrogens is 3. The summed E-state index contributed by atoms with van der Waals surface area (Å²) in [5.74, 6) is 1.31. The highest BCUT2D eigenvalue weighted by Crippen LogP contribution is 2.24. The monoisotopic (exact) mass is 258 g/mol. The van der Waals surface area contributed by atoms with Crippen LogP contribution >= 0.6 is 0 Å². The van der Waals surface area contributed by atoms with Crippen molar-refractivity contribution in [2.24, 2.45) is 0 Å². The fourth-order valence-electron chi connectivity index (χ4n) is 2.71. The van der Waals surface area contributed by atoms with Gasteiger partial charge < -0.3 is 4.90 Å². The van der Waals surface area contributed by atoms with Gasteiger partial charge in [0.1, 0.15) is 0 Å². The Labute approximate surface area is 112 Å². The number of rotatable bonds is 3. The van der Waals surface area contributed by atoms with Gasteiger partial charge in [-0.3, -0.25) is 4.79 Å². The molecule has 1 aliphatic rings. The second-order valence-electron chi connectivity index (χ2n) is 5.09. The first-order chi connectivity index (χ1) is 9.30. The molecule has 3 rings (SSSR count). The summed E-state index contributed by atoms with van der Waals surface area (Å²) in [7, 11) is 0. The van der Waals surface area contributed by atoms with Crippen molar-refractivity contribution in [1.29, 1.82) is 0 Å². The molecule has 1 saturated heterocycles. The van der Waals surface area contributed by atoms with E-state index in [0.29, 0.717) is 11.5 Å². The van der Waals surface area contributed by atoms with Gasteiger partial charge in [0, 0.05) is 24.2 Å². The molecular weight excluding hydrogens is 240 g/mol. The molecule has 1 aliphatic heterocycles. The SMILES string of the molecule is CCN1CCCC(c2nc3ccc(C=O)cn3n2)C1. The number of hydrogen-bond acceptors (Lipinski definition) is 4. The molecule has 2 aromatic heterocycles. The van der Waals surface area contributed by atoms with E-state index in [1.165, 1.54) is 13.0 Å². The Balaban J connectivity index is 1.90. The number of likely N-dealkylation sites (tertiary alicyclic amines) is 1. The summed E-state index contributed by atoms with van der Waals surface area (Å²) in [6, 6.07) is 3.63. The molecule has 0 amide bonds. The van der Waals surface area contributed by atoms with Crippen LogP contribution in [0, 0.1) is 0 Å². The largest absolute Gasteiger partial charge is 0.303 e. The highest BCUT2D eigenvalue weighted by Gasteiger charge is 2.23. The van der Waals surface area contributed by atoms with Gasteiger partial charge in [0.2, 0.25) is 0 Å². The topological polar surface area (TPSA) is 50.5 Å². The first-order valence-corrected chi connectivity index (χ1v) is 6.84. The average molecular weight is 258 g/mol. The summed E-state index contributed by atoms with van der Waals surface area (Å²) in [6.07, 6.45) is 4.92. The van der Waals surface area contributed by atoms with Gasteiger partial charge >= 0.3 is 0 Å². The molecule has 0 spiro atoms. The van der Waals surface area contributed by atoms with Gasteiger partial charge in [-0.25, -0.2) is 9.50 Å². The third-order valence-electron chi connectivity index (χ3n) is 3.82. The Bertz CT molecular complexity index is 592. The van der Waals surface area contributed by atoms with Crippen LogP contribution in [0.1, 0.15) is 41.9 Å². The molecule has 0 saturated carbocycles. The number of carbonyl (C=O) groups excluding carboxylic acids is 1. The highest BCUT2D eigenvalue weighted by molar-refractivity contribution is 5.74. The van der Waals surface area contributed by atoms with Crippen molar-refractivity contribution < 1.29 is 4.79 Å². The lowest BCUT2D eigenvalue weighted by Gasteiger charge is -2.30. The standard InChI is InChI=1S/C14H18N4O/c1-2-17-7-3-4-12(9-17)14-15-13-6-5-11(10-19)8-18(13)16-14/h5-6,8,10,12H,2-4,7,9H2,1H3. The summed E-state index contributed by atoms with van der Waals surface area (Å²) in [6.45, 7) is 5.48. The maximum Gasteiger partial charge on any atom is 0.156 e. The normalized spacial score (nSPS) is 20.8. The lowest BCUT2D eigenvalue weighted by atomic mass is 9.97. The minimum Gasteiger partial charge on any atom is -0.303 e. The molecule has 1 fully saturated rings. The van der Waals surface area contributed by atoms with Crippen LogP contribution in [0.4, 0.5) is 0 Å². The minimum atomic E-state index is 0.410. The molecule has 5 heteroatoms. The highest BCUT2D eigenvalue weighted by atomic mass is 16.1. The summed E-state index contributed by atoms with van der Waals surface area (Å²) in [4.78, 5) is 17.8. The lowest BCUT2D eigenvalue weighted by molar-refractivity contribution is 0.112. The molecule has 0 radical (unpaired) electrons. The van der Waals surface area contributed by atoms with E-state index in [-0.39, 0.29) is 0 Å². The molecule has 0 bridgehead atoms. The van der Waals surface area contributed by atoms with Gasteiger partial charge in [0.05, 0.1) is 0 Å². The van der Waals surface area contributed by atoms with E-state index in [4.69, 9.17) is 0 Å². The fourth-order valence-corrected chi connectivity index (χ4v) is 2.71. The van der Waals surface area contributed by atoms with Crippen LogP contribution in [-0.4, -0.2) is 45.4 Å². The van der Waals surface area contributed by atoms with Crippen molar-refractivity contribution >= 4 is 11.9 Å². The Hall–Kier alpha value is -1.75. The molecular formula is C14H18N4O. The Kier molecular flexibility index (Phi) is 3.29. The van der Waals surface area contributed by atoms with Crippen LogP contribution in [-0.2, 0) is 0 Å². The molecule has 2 aromatic rings. The van der Waals surface area contributed by atoms with E-state index >= 15 is 0 Å².